The van der Waals surface area contributed by atoms with Gasteiger partial charge in [0.2, 0.25) is 5.89 Å². The third-order valence-corrected chi connectivity index (χ3v) is 4.26. The van der Waals surface area contributed by atoms with Gasteiger partial charge in [-0.05, 0) is 6.92 Å². The van der Waals surface area contributed by atoms with E-state index in [1.165, 1.54) is 0 Å². The molecule has 8 nitrogen and oxygen atoms in total. The zero-order chi connectivity index (χ0) is 21.4. The van der Waals surface area contributed by atoms with Gasteiger partial charge in [0.1, 0.15) is 23.0 Å². The molecule has 2 aromatic rings. The Balaban J connectivity index is 0.00000450. The van der Waals surface area contributed by atoms with Crippen LogP contribution in [0.15, 0.2) is 27.7 Å². The van der Waals surface area contributed by atoms with Gasteiger partial charge in [0.05, 0.1) is 46.2 Å². The van der Waals surface area contributed by atoms with Crippen LogP contribution in [0.25, 0.3) is 0 Å². The maximum absolute atomic E-state index is 5.83. The number of aromatic nitrogens is 1. The smallest absolute Gasteiger partial charge is 0.213 e. The highest BCUT2D eigenvalue weighted by Gasteiger charge is 2.19. The minimum absolute atomic E-state index is 0. The third kappa shape index (κ3) is 6.96. The monoisotopic (exact) mass is 532 g/mol. The van der Waals surface area contributed by atoms with Crippen LogP contribution in [0.2, 0.25) is 0 Å². The summed E-state index contributed by atoms with van der Waals surface area (Å²) in [6.07, 6.45) is 1.77. The highest BCUT2D eigenvalue weighted by molar-refractivity contribution is 14.0. The molecule has 9 heteroatoms. The average molecular weight is 532 g/mol. The minimum atomic E-state index is -0.0781. The topological polar surface area (TPSA) is 90.1 Å². The third-order valence-electron chi connectivity index (χ3n) is 4.26. The van der Waals surface area contributed by atoms with E-state index in [4.69, 9.17) is 18.6 Å². The van der Waals surface area contributed by atoms with E-state index in [9.17, 15) is 0 Å². The molecule has 0 atom stereocenters. The molecule has 1 aromatic heterocycles. The second-order valence-electron chi connectivity index (χ2n) is 7.43. The van der Waals surface area contributed by atoms with Gasteiger partial charge in [-0.1, -0.05) is 20.8 Å². The Morgan fingerprint density at radius 2 is 1.70 bits per heavy atom. The molecule has 2 N–H and O–H groups in total. The first-order chi connectivity index (χ1) is 13.8. The van der Waals surface area contributed by atoms with Crippen LogP contribution in [-0.4, -0.2) is 38.8 Å². The number of oxazole rings is 1. The molecule has 30 heavy (non-hydrogen) atoms. The molecule has 0 aliphatic carbocycles. The Kier molecular flexibility index (Phi) is 10.2. The van der Waals surface area contributed by atoms with Crippen molar-refractivity contribution in [2.75, 3.05) is 27.9 Å². The van der Waals surface area contributed by atoms with Crippen molar-refractivity contribution >= 4 is 29.9 Å². The van der Waals surface area contributed by atoms with Crippen LogP contribution < -0.4 is 24.8 Å². The van der Waals surface area contributed by atoms with Crippen molar-refractivity contribution in [3.05, 3.63) is 35.5 Å². The molecule has 0 aliphatic heterocycles. The highest BCUT2D eigenvalue weighted by atomic mass is 127. The number of benzene rings is 1. The van der Waals surface area contributed by atoms with Gasteiger partial charge in [-0.2, -0.15) is 0 Å². The Hall–Kier alpha value is -2.17. The predicted molar refractivity (Wildman–Crippen MR) is 128 cm³/mol. The van der Waals surface area contributed by atoms with E-state index in [1.807, 2.05) is 19.1 Å². The number of hydrogen-bond acceptors (Lipinski definition) is 6. The maximum Gasteiger partial charge on any atom is 0.213 e. The first-order valence-corrected chi connectivity index (χ1v) is 9.58. The van der Waals surface area contributed by atoms with Gasteiger partial charge in [0.15, 0.2) is 5.96 Å². The van der Waals surface area contributed by atoms with Gasteiger partial charge in [0.25, 0.3) is 0 Å². The second-order valence-corrected chi connectivity index (χ2v) is 7.43. The van der Waals surface area contributed by atoms with E-state index < -0.39 is 0 Å². The number of ether oxygens (including phenoxy) is 3. The average Bonchev–Trinajstić information content (AvgIpc) is 3.19. The summed E-state index contributed by atoms with van der Waals surface area (Å²) in [5, 5.41) is 6.47. The normalized spacial score (nSPS) is 11.5. The molecule has 2 rings (SSSR count). The van der Waals surface area contributed by atoms with Crippen molar-refractivity contribution in [2.24, 2.45) is 4.99 Å². The Morgan fingerprint density at radius 3 is 2.17 bits per heavy atom. The van der Waals surface area contributed by atoms with E-state index in [1.54, 1.807) is 27.5 Å². The van der Waals surface area contributed by atoms with Gasteiger partial charge < -0.3 is 29.3 Å². The number of methoxy groups -OCH3 is 3. The zero-order valence-electron chi connectivity index (χ0n) is 18.8. The molecule has 1 aromatic carbocycles. The standard InChI is InChI=1S/C21H32N4O4.HI/c1-8-22-20(25-13-19-23-12-18(29-19)21(2,3)4)24-11-15-16(27-6)9-14(26-5)10-17(15)28-7;/h9-10,12H,8,11,13H2,1-7H3,(H2,22,24,25);1H. The highest BCUT2D eigenvalue weighted by Crippen LogP contribution is 2.34. The lowest BCUT2D eigenvalue weighted by molar-refractivity contribution is 0.369. The zero-order valence-corrected chi connectivity index (χ0v) is 21.1. The van der Waals surface area contributed by atoms with E-state index >= 15 is 0 Å². The molecule has 0 aliphatic rings. The summed E-state index contributed by atoms with van der Waals surface area (Å²) in [5.41, 5.74) is 0.754. The predicted octanol–water partition coefficient (Wildman–Crippen LogP) is 3.87. The lowest BCUT2D eigenvalue weighted by Crippen LogP contribution is -2.36. The van der Waals surface area contributed by atoms with Crippen LogP contribution in [0.1, 0.15) is 44.9 Å². The molecule has 0 spiro atoms. The maximum atomic E-state index is 5.83. The number of rotatable bonds is 8. The van der Waals surface area contributed by atoms with Crippen LogP contribution >= 0.6 is 24.0 Å². The molecule has 0 unspecified atom stereocenters. The molecule has 0 saturated heterocycles. The molecule has 0 amide bonds. The molecule has 0 saturated carbocycles. The molecule has 0 fully saturated rings. The number of hydrogen-bond donors (Lipinski definition) is 2. The summed E-state index contributed by atoms with van der Waals surface area (Å²) in [5.74, 6) is 4.08. The number of aliphatic imine (C=N–C) groups is 1. The van der Waals surface area contributed by atoms with Crippen molar-refractivity contribution < 1.29 is 18.6 Å². The summed E-state index contributed by atoms with van der Waals surface area (Å²) < 4.78 is 22.1. The summed E-state index contributed by atoms with van der Waals surface area (Å²) >= 11 is 0. The largest absolute Gasteiger partial charge is 0.496 e. The fourth-order valence-corrected chi connectivity index (χ4v) is 2.63. The van der Waals surface area contributed by atoms with E-state index in [0.717, 1.165) is 17.9 Å². The summed E-state index contributed by atoms with van der Waals surface area (Å²) in [7, 11) is 4.83. The Labute approximate surface area is 195 Å². The minimum Gasteiger partial charge on any atom is -0.496 e. The first-order valence-electron chi connectivity index (χ1n) is 9.58. The van der Waals surface area contributed by atoms with Crippen molar-refractivity contribution in [3.63, 3.8) is 0 Å². The summed E-state index contributed by atoms with van der Waals surface area (Å²) in [6.45, 7) is 9.79. The quantitative estimate of drug-likeness (QED) is 0.303. The van der Waals surface area contributed by atoms with Crippen LogP contribution in [0.3, 0.4) is 0 Å². The summed E-state index contributed by atoms with van der Waals surface area (Å²) in [6, 6.07) is 3.63. The van der Waals surface area contributed by atoms with Gasteiger partial charge in [0, 0.05) is 24.1 Å². The van der Waals surface area contributed by atoms with Crippen molar-refractivity contribution in [1.82, 2.24) is 15.6 Å². The van der Waals surface area contributed by atoms with Gasteiger partial charge in [-0.15, -0.1) is 24.0 Å². The van der Waals surface area contributed by atoms with Crippen LogP contribution in [0.4, 0.5) is 0 Å². The van der Waals surface area contributed by atoms with Gasteiger partial charge >= 0.3 is 0 Å². The van der Waals surface area contributed by atoms with E-state index in [2.05, 4.69) is 41.4 Å². The number of halogens is 1. The van der Waals surface area contributed by atoms with Crippen molar-refractivity contribution in [3.8, 4) is 17.2 Å². The van der Waals surface area contributed by atoms with Crippen molar-refractivity contribution in [1.29, 1.82) is 0 Å². The van der Waals surface area contributed by atoms with Crippen LogP contribution in [-0.2, 0) is 18.5 Å². The molecule has 1 heterocycles. The van der Waals surface area contributed by atoms with Gasteiger partial charge in [-0.25, -0.2) is 9.98 Å². The summed E-state index contributed by atoms with van der Waals surface area (Å²) in [4.78, 5) is 8.99. The van der Waals surface area contributed by atoms with E-state index in [0.29, 0.717) is 42.2 Å². The number of nitrogens with zero attached hydrogens (tertiary/aromatic N) is 2. The van der Waals surface area contributed by atoms with Crippen molar-refractivity contribution in [2.45, 2.75) is 46.2 Å². The fourth-order valence-electron chi connectivity index (χ4n) is 2.63. The fraction of sp³-hybridized carbons (Fsp3) is 0.524. The Morgan fingerprint density at radius 1 is 1.07 bits per heavy atom. The molecule has 0 radical (unpaired) electrons. The molecular weight excluding hydrogens is 499 g/mol. The lowest BCUT2D eigenvalue weighted by Gasteiger charge is -2.15. The van der Waals surface area contributed by atoms with Crippen LogP contribution in [0, 0.1) is 0 Å². The Bertz CT molecular complexity index is 806. The first kappa shape index (κ1) is 25.9. The second kappa shape index (κ2) is 11.9. The SMILES string of the molecule is CCNC(=NCc1c(OC)cc(OC)cc1OC)NCc1ncc(C(C)(C)C)o1.I. The van der Waals surface area contributed by atoms with E-state index in [-0.39, 0.29) is 29.4 Å². The number of guanidine groups is 1. The molecular formula is C21H33IN4O4. The van der Waals surface area contributed by atoms with Crippen LogP contribution in [0.5, 0.6) is 17.2 Å². The van der Waals surface area contributed by atoms with Gasteiger partial charge in [-0.3, -0.25) is 0 Å². The molecule has 0 bridgehead atoms. The number of nitrogens with one attached hydrogen (secondary N) is 2. The lowest BCUT2D eigenvalue weighted by atomic mass is 9.94. The molecule has 168 valence electrons.